The molecule has 1 aliphatic rings. The normalized spacial score (nSPS) is 21.0. The van der Waals surface area contributed by atoms with Crippen LogP contribution in [0, 0.1) is 0 Å². The molecule has 0 amide bonds. The summed E-state index contributed by atoms with van der Waals surface area (Å²) in [5, 5.41) is 3.93. The topological polar surface area (TPSA) is 21.6 Å². The Morgan fingerprint density at radius 2 is 2.15 bits per heavy atom. The summed E-state index contributed by atoms with van der Waals surface area (Å²) in [7, 11) is 0. The van der Waals surface area contributed by atoms with Gasteiger partial charge in [0.1, 0.15) is 6.10 Å². The van der Waals surface area contributed by atoms with Gasteiger partial charge in [-0.05, 0) is 12.5 Å². The van der Waals surface area contributed by atoms with E-state index in [9.17, 15) is 0 Å². The van der Waals surface area contributed by atoms with Gasteiger partial charge in [0.25, 0.3) is 0 Å². The Labute approximate surface area is 78.2 Å². The molecular weight excluding hydrogens is 162 g/mol. The van der Waals surface area contributed by atoms with Crippen molar-refractivity contribution in [2.24, 2.45) is 5.16 Å². The van der Waals surface area contributed by atoms with Crippen molar-refractivity contribution >= 4 is 5.71 Å². The van der Waals surface area contributed by atoms with Crippen LogP contribution in [0.15, 0.2) is 35.5 Å². The summed E-state index contributed by atoms with van der Waals surface area (Å²) in [4.78, 5) is 5.26. The minimum absolute atomic E-state index is 0.252. The highest BCUT2D eigenvalue weighted by Crippen LogP contribution is 2.15. The summed E-state index contributed by atoms with van der Waals surface area (Å²) < 4.78 is 0. The van der Waals surface area contributed by atoms with E-state index in [4.69, 9.17) is 4.84 Å². The van der Waals surface area contributed by atoms with Crippen molar-refractivity contribution in [2.75, 3.05) is 0 Å². The average molecular weight is 175 g/mol. The Morgan fingerprint density at radius 3 is 2.77 bits per heavy atom. The molecule has 1 heterocycles. The molecule has 2 nitrogen and oxygen atoms in total. The van der Waals surface area contributed by atoms with Crippen molar-refractivity contribution in [1.29, 1.82) is 0 Å². The van der Waals surface area contributed by atoms with Gasteiger partial charge in [0.05, 0.1) is 5.71 Å². The first-order valence-electron chi connectivity index (χ1n) is 4.58. The third kappa shape index (κ3) is 2.08. The first kappa shape index (κ1) is 8.30. The Bertz CT molecular complexity index is 305. The van der Waals surface area contributed by atoms with E-state index >= 15 is 0 Å². The zero-order chi connectivity index (χ0) is 9.10. The number of hydrogen-bond donors (Lipinski definition) is 0. The van der Waals surface area contributed by atoms with E-state index in [2.05, 4.69) is 29.4 Å². The van der Waals surface area contributed by atoms with Crippen LogP contribution in [0.5, 0.6) is 0 Å². The molecule has 0 saturated heterocycles. The third-order valence-corrected chi connectivity index (χ3v) is 2.19. The highest BCUT2D eigenvalue weighted by molar-refractivity contribution is 5.82. The van der Waals surface area contributed by atoms with Gasteiger partial charge in [-0.2, -0.15) is 0 Å². The summed E-state index contributed by atoms with van der Waals surface area (Å²) >= 11 is 0. The molecule has 0 bridgehead atoms. The van der Waals surface area contributed by atoms with Crippen LogP contribution in [0.1, 0.15) is 18.9 Å². The Morgan fingerprint density at radius 1 is 1.38 bits per heavy atom. The second-order valence-electron chi connectivity index (χ2n) is 3.45. The maximum atomic E-state index is 5.26. The van der Waals surface area contributed by atoms with Crippen molar-refractivity contribution in [1.82, 2.24) is 0 Å². The van der Waals surface area contributed by atoms with Crippen LogP contribution < -0.4 is 0 Å². The second kappa shape index (κ2) is 3.60. The average Bonchev–Trinajstić information content (AvgIpc) is 2.53. The molecule has 1 atom stereocenters. The first-order chi connectivity index (χ1) is 6.34. The summed E-state index contributed by atoms with van der Waals surface area (Å²) in [6.07, 6.45) is 2.18. The van der Waals surface area contributed by atoms with E-state index in [1.807, 2.05) is 13.0 Å². The van der Waals surface area contributed by atoms with E-state index in [0.29, 0.717) is 0 Å². The van der Waals surface area contributed by atoms with Gasteiger partial charge in [-0.1, -0.05) is 35.5 Å². The van der Waals surface area contributed by atoms with Gasteiger partial charge in [-0.15, -0.1) is 0 Å². The number of oxime groups is 1. The molecule has 0 saturated carbocycles. The smallest absolute Gasteiger partial charge is 0.136 e. The lowest BCUT2D eigenvalue weighted by molar-refractivity contribution is 0.0859. The molecule has 0 aliphatic carbocycles. The van der Waals surface area contributed by atoms with Gasteiger partial charge in [0.15, 0.2) is 0 Å². The zero-order valence-corrected chi connectivity index (χ0v) is 7.73. The lowest BCUT2D eigenvalue weighted by Crippen LogP contribution is -2.10. The fourth-order valence-corrected chi connectivity index (χ4v) is 1.55. The van der Waals surface area contributed by atoms with Crippen LogP contribution in [0.2, 0.25) is 0 Å². The van der Waals surface area contributed by atoms with Crippen molar-refractivity contribution in [3.8, 4) is 0 Å². The number of nitrogens with zero attached hydrogens (tertiary/aromatic N) is 1. The van der Waals surface area contributed by atoms with Gasteiger partial charge < -0.3 is 4.84 Å². The molecule has 1 aromatic carbocycles. The molecule has 0 N–H and O–H groups in total. The zero-order valence-electron chi connectivity index (χ0n) is 7.73. The molecule has 1 aliphatic heterocycles. The molecule has 1 unspecified atom stereocenters. The van der Waals surface area contributed by atoms with Crippen LogP contribution in [-0.4, -0.2) is 11.8 Å². The maximum absolute atomic E-state index is 5.26. The molecule has 2 heteroatoms. The van der Waals surface area contributed by atoms with Crippen molar-refractivity contribution < 1.29 is 4.84 Å². The standard InChI is InChI=1S/C11H13NO/c1-9-7-11(13-12-9)8-10-5-3-2-4-6-10/h2-6,11H,7-8H2,1H3. The van der Waals surface area contributed by atoms with Crippen molar-refractivity contribution in [2.45, 2.75) is 25.9 Å². The summed E-state index contributed by atoms with van der Waals surface area (Å²) in [5.41, 5.74) is 2.42. The highest BCUT2D eigenvalue weighted by Gasteiger charge is 2.17. The monoisotopic (exact) mass is 175 g/mol. The maximum Gasteiger partial charge on any atom is 0.136 e. The minimum Gasteiger partial charge on any atom is -0.392 e. The Hall–Kier alpha value is -1.31. The molecular formula is C11H13NO. The van der Waals surface area contributed by atoms with Crippen LogP contribution in [0.4, 0.5) is 0 Å². The molecule has 13 heavy (non-hydrogen) atoms. The fourth-order valence-electron chi connectivity index (χ4n) is 1.55. The predicted molar refractivity (Wildman–Crippen MR) is 52.7 cm³/mol. The Balaban J connectivity index is 1.94. The van der Waals surface area contributed by atoms with Crippen molar-refractivity contribution in [3.63, 3.8) is 0 Å². The van der Waals surface area contributed by atoms with Gasteiger partial charge >= 0.3 is 0 Å². The van der Waals surface area contributed by atoms with Gasteiger partial charge in [0.2, 0.25) is 0 Å². The van der Waals surface area contributed by atoms with Crippen molar-refractivity contribution in [3.05, 3.63) is 35.9 Å². The summed E-state index contributed by atoms with van der Waals surface area (Å²) in [6.45, 7) is 2.00. The molecule has 0 aromatic heterocycles. The minimum atomic E-state index is 0.252. The number of hydrogen-bond acceptors (Lipinski definition) is 2. The van der Waals surface area contributed by atoms with E-state index in [0.717, 1.165) is 18.6 Å². The van der Waals surface area contributed by atoms with Crippen LogP contribution in [-0.2, 0) is 11.3 Å². The molecule has 0 fully saturated rings. The lowest BCUT2D eigenvalue weighted by Gasteiger charge is -2.07. The van der Waals surface area contributed by atoms with E-state index in [1.54, 1.807) is 0 Å². The quantitative estimate of drug-likeness (QED) is 0.676. The largest absolute Gasteiger partial charge is 0.392 e. The van der Waals surface area contributed by atoms with Gasteiger partial charge in [-0.3, -0.25) is 0 Å². The SMILES string of the molecule is CC1=NOC(Cc2ccccc2)C1. The lowest BCUT2D eigenvalue weighted by atomic mass is 10.0. The molecule has 68 valence electrons. The Kier molecular flexibility index (Phi) is 2.30. The van der Waals surface area contributed by atoms with Gasteiger partial charge in [0, 0.05) is 12.8 Å². The predicted octanol–water partition coefficient (Wildman–Crippen LogP) is 2.39. The first-order valence-corrected chi connectivity index (χ1v) is 4.58. The van der Waals surface area contributed by atoms with Gasteiger partial charge in [-0.25, -0.2) is 0 Å². The third-order valence-electron chi connectivity index (χ3n) is 2.19. The number of benzene rings is 1. The van der Waals surface area contributed by atoms with E-state index < -0.39 is 0 Å². The van der Waals surface area contributed by atoms with Crippen LogP contribution >= 0.6 is 0 Å². The number of rotatable bonds is 2. The van der Waals surface area contributed by atoms with E-state index in [-0.39, 0.29) is 6.10 Å². The van der Waals surface area contributed by atoms with E-state index in [1.165, 1.54) is 5.56 Å². The molecule has 0 radical (unpaired) electrons. The molecule has 0 spiro atoms. The molecule has 1 aromatic rings. The summed E-state index contributed by atoms with van der Waals surface area (Å²) in [5.74, 6) is 0. The van der Waals surface area contributed by atoms with Crippen LogP contribution in [0.3, 0.4) is 0 Å². The van der Waals surface area contributed by atoms with Crippen LogP contribution in [0.25, 0.3) is 0 Å². The summed E-state index contributed by atoms with van der Waals surface area (Å²) in [6, 6.07) is 10.4. The highest BCUT2D eigenvalue weighted by atomic mass is 16.6. The second-order valence-corrected chi connectivity index (χ2v) is 3.45. The fraction of sp³-hybridized carbons (Fsp3) is 0.364. The molecule has 2 rings (SSSR count).